The van der Waals surface area contributed by atoms with Crippen LogP contribution in [0.3, 0.4) is 0 Å². The SMILES string of the molecule is CC(C)(NC(=O)Cc1ccccc1)C(=O)N1CCOCC(Cc2ccc3nccn3c2)C1. The highest BCUT2D eigenvalue weighted by atomic mass is 16.5. The Morgan fingerprint density at radius 1 is 1.16 bits per heavy atom. The van der Waals surface area contributed by atoms with E-state index in [-0.39, 0.29) is 24.2 Å². The molecule has 168 valence electrons. The molecule has 1 atom stereocenters. The van der Waals surface area contributed by atoms with Gasteiger partial charge in [-0.05, 0) is 37.5 Å². The van der Waals surface area contributed by atoms with E-state index in [9.17, 15) is 9.59 Å². The highest BCUT2D eigenvalue weighted by molar-refractivity contribution is 5.91. The molecule has 0 aliphatic carbocycles. The van der Waals surface area contributed by atoms with E-state index in [2.05, 4.69) is 22.6 Å². The van der Waals surface area contributed by atoms with Crippen molar-refractivity contribution in [1.29, 1.82) is 0 Å². The molecule has 1 aliphatic heterocycles. The summed E-state index contributed by atoms with van der Waals surface area (Å²) in [6, 6.07) is 13.6. The first-order valence-corrected chi connectivity index (χ1v) is 11.0. The predicted molar refractivity (Wildman–Crippen MR) is 122 cm³/mol. The summed E-state index contributed by atoms with van der Waals surface area (Å²) in [6.45, 7) is 5.76. The molecule has 3 aromatic rings. The summed E-state index contributed by atoms with van der Waals surface area (Å²) in [4.78, 5) is 32.0. The fourth-order valence-corrected chi connectivity index (χ4v) is 4.23. The van der Waals surface area contributed by atoms with Crippen molar-refractivity contribution in [2.24, 2.45) is 5.92 Å². The Kier molecular flexibility index (Phi) is 6.55. The Morgan fingerprint density at radius 3 is 2.78 bits per heavy atom. The van der Waals surface area contributed by atoms with Crippen LogP contribution in [0.5, 0.6) is 0 Å². The van der Waals surface area contributed by atoms with Crippen LogP contribution in [0.25, 0.3) is 5.65 Å². The molecule has 2 aromatic heterocycles. The Morgan fingerprint density at radius 2 is 1.97 bits per heavy atom. The van der Waals surface area contributed by atoms with E-state index in [1.54, 1.807) is 20.0 Å². The molecule has 2 amide bonds. The van der Waals surface area contributed by atoms with Gasteiger partial charge in [0.05, 0.1) is 19.6 Å². The maximum absolute atomic E-state index is 13.3. The number of rotatable bonds is 6. The number of imidazole rings is 1. The molecule has 7 nitrogen and oxygen atoms in total. The number of ether oxygens (including phenoxy) is 1. The van der Waals surface area contributed by atoms with E-state index in [1.807, 2.05) is 51.9 Å². The van der Waals surface area contributed by atoms with Crippen LogP contribution in [-0.2, 0) is 27.2 Å². The lowest BCUT2D eigenvalue weighted by Gasteiger charge is -2.33. The monoisotopic (exact) mass is 434 g/mol. The van der Waals surface area contributed by atoms with Crippen molar-refractivity contribution < 1.29 is 14.3 Å². The van der Waals surface area contributed by atoms with Crippen molar-refractivity contribution in [3.05, 3.63) is 72.2 Å². The number of fused-ring (bicyclic) bond motifs is 1. The fraction of sp³-hybridized carbons (Fsp3) is 0.400. The number of amides is 2. The van der Waals surface area contributed by atoms with E-state index in [0.29, 0.717) is 26.3 Å². The lowest BCUT2D eigenvalue weighted by molar-refractivity contribution is -0.140. The maximum atomic E-state index is 13.3. The second-order valence-electron chi connectivity index (χ2n) is 8.96. The lowest BCUT2D eigenvalue weighted by atomic mass is 9.98. The second-order valence-corrected chi connectivity index (χ2v) is 8.96. The Balaban J connectivity index is 1.39. The van der Waals surface area contributed by atoms with Gasteiger partial charge in [-0.1, -0.05) is 36.4 Å². The first-order valence-electron chi connectivity index (χ1n) is 11.0. The maximum Gasteiger partial charge on any atom is 0.247 e. The van der Waals surface area contributed by atoms with E-state index < -0.39 is 5.54 Å². The van der Waals surface area contributed by atoms with Crippen LogP contribution in [0.1, 0.15) is 25.0 Å². The summed E-state index contributed by atoms with van der Waals surface area (Å²) < 4.78 is 7.81. The van der Waals surface area contributed by atoms with Crippen molar-refractivity contribution in [2.45, 2.75) is 32.2 Å². The predicted octanol–water partition coefficient (Wildman–Crippen LogP) is 2.49. The molecular formula is C25H30N4O3. The average Bonchev–Trinajstić information content (AvgIpc) is 3.11. The van der Waals surface area contributed by atoms with Crippen molar-refractivity contribution in [3.63, 3.8) is 0 Å². The first-order chi connectivity index (χ1) is 15.4. The molecule has 32 heavy (non-hydrogen) atoms. The number of hydrogen-bond acceptors (Lipinski definition) is 4. The van der Waals surface area contributed by atoms with Gasteiger partial charge in [0.1, 0.15) is 11.2 Å². The third-order valence-corrected chi connectivity index (χ3v) is 5.79. The number of nitrogens with zero attached hydrogens (tertiary/aromatic N) is 3. The molecule has 0 saturated carbocycles. The Hall–Kier alpha value is -3.19. The van der Waals surface area contributed by atoms with Crippen molar-refractivity contribution in [2.75, 3.05) is 26.3 Å². The van der Waals surface area contributed by atoms with Gasteiger partial charge in [-0.25, -0.2) is 4.98 Å². The second kappa shape index (κ2) is 9.53. The minimum atomic E-state index is -0.990. The zero-order valence-electron chi connectivity index (χ0n) is 18.7. The largest absolute Gasteiger partial charge is 0.379 e. The van der Waals surface area contributed by atoms with Gasteiger partial charge in [-0.2, -0.15) is 0 Å². The molecule has 1 aliphatic rings. The minimum absolute atomic E-state index is 0.0838. The van der Waals surface area contributed by atoms with E-state index in [1.165, 1.54) is 5.56 Å². The topological polar surface area (TPSA) is 75.9 Å². The van der Waals surface area contributed by atoms with Gasteiger partial charge in [-0.3, -0.25) is 9.59 Å². The molecule has 4 rings (SSSR count). The van der Waals surface area contributed by atoms with Gasteiger partial charge in [0, 0.05) is 37.6 Å². The standard InChI is InChI=1S/C25H30N4O3/c1-25(2,27-23(30)15-19-6-4-3-5-7-19)24(31)29-12-13-32-18-21(17-29)14-20-8-9-22-26-10-11-28(22)16-20/h3-11,16,21H,12-15,17-18H2,1-2H3,(H,27,30). The average molecular weight is 435 g/mol. The van der Waals surface area contributed by atoms with Gasteiger partial charge in [0.25, 0.3) is 0 Å². The number of benzene rings is 1. The highest BCUT2D eigenvalue weighted by Crippen LogP contribution is 2.18. The number of aromatic nitrogens is 2. The van der Waals surface area contributed by atoms with Crippen LogP contribution >= 0.6 is 0 Å². The van der Waals surface area contributed by atoms with Crippen LogP contribution in [0.4, 0.5) is 0 Å². The smallest absolute Gasteiger partial charge is 0.247 e. The van der Waals surface area contributed by atoms with E-state index in [4.69, 9.17) is 4.74 Å². The molecule has 1 fully saturated rings. The third-order valence-electron chi connectivity index (χ3n) is 5.79. The Labute approximate surface area is 188 Å². The number of carbonyl (C=O) groups excluding carboxylic acids is 2. The lowest BCUT2D eigenvalue weighted by Crippen LogP contribution is -2.57. The van der Waals surface area contributed by atoms with E-state index >= 15 is 0 Å². The summed E-state index contributed by atoms with van der Waals surface area (Å²) in [6.07, 6.45) is 6.84. The first kappa shape index (κ1) is 22.0. The van der Waals surface area contributed by atoms with Gasteiger partial charge >= 0.3 is 0 Å². The van der Waals surface area contributed by atoms with Crippen LogP contribution in [0, 0.1) is 5.92 Å². The summed E-state index contributed by atoms with van der Waals surface area (Å²) in [5.74, 6) is -0.0662. The van der Waals surface area contributed by atoms with Gasteiger partial charge in [0.2, 0.25) is 11.8 Å². The van der Waals surface area contributed by atoms with E-state index in [0.717, 1.165) is 17.6 Å². The van der Waals surface area contributed by atoms with Gasteiger partial charge in [-0.15, -0.1) is 0 Å². The molecule has 0 radical (unpaired) electrons. The normalized spacial score (nSPS) is 17.2. The number of carbonyl (C=O) groups is 2. The summed E-state index contributed by atoms with van der Waals surface area (Å²) in [5.41, 5.74) is 2.02. The molecular weight excluding hydrogens is 404 g/mol. The summed E-state index contributed by atoms with van der Waals surface area (Å²) in [5, 5.41) is 2.92. The summed E-state index contributed by atoms with van der Waals surface area (Å²) in [7, 11) is 0. The molecule has 1 saturated heterocycles. The molecule has 1 unspecified atom stereocenters. The Bertz CT molecular complexity index is 1080. The van der Waals surface area contributed by atoms with Crippen LogP contribution < -0.4 is 5.32 Å². The minimum Gasteiger partial charge on any atom is -0.379 e. The fourth-order valence-electron chi connectivity index (χ4n) is 4.23. The van der Waals surface area contributed by atoms with Crippen molar-refractivity contribution in [1.82, 2.24) is 19.6 Å². The van der Waals surface area contributed by atoms with Gasteiger partial charge in [0.15, 0.2) is 0 Å². The van der Waals surface area contributed by atoms with Crippen LogP contribution in [0.15, 0.2) is 61.1 Å². The number of pyridine rings is 1. The van der Waals surface area contributed by atoms with Crippen LogP contribution in [-0.4, -0.2) is 57.9 Å². The van der Waals surface area contributed by atoms with Crippen molar-refractivity contribution >= 4 is 17.5 Å². The van der Waals surface area contributed by atoms with Crippen LogP contribution in [0.2, 0.25) is 0 Å². The van der Waals surface area contributed by atoms with Crippen molar-refractivity contribution in [3.8, 4) is 0 Å². The summed E-state index contributed by atoms with van der Waals surface area (Å²) >= 11 is 0. The highest BCUT2D eigenvalue weighted by Gasteiger charge is 2.35. The molecule has 1 aromatic carbocycles. The quantitative estimate of drug-likeness (QED) is 0.647. The molecule has 0 spiro atoms. The zero-order chi connectivity index (χ0) is 22.6. The molecule has 0 bridgehead atoms. The zero-order valence-corrected chi connectivity index (χ0v) is 18.7. The molecule has 7 heteroatoms. The number of hydrogen-bond donors (Lipinski definition) is 1. The number of nitrogens with one attached hydrogen (secondary N) is 1. The molecule has 1 N–H and O–H groups in total. The van der Waals surface area contributed by atoms with Gasteiger partial charge < -0.3 is 19.4 Å². The third kappa shape index (κ3) is 5.34. The molecule has 3 heterocycles.